The van der Waals surface area contributed by atoms with Crippen LogP contribution < -0.4 is 14.2 Å². The van der Waals surface area contributed by atoms with Gasteiger partial charge >= 0.3 is 0 Å². The van der Waals surface area contributed by atoms with Crippen LogP contribution in [0.2, 0.25) is 0 Å². The van der Waals surface area contributed by atoms with E-state index in [4.69, 9.17) is 14.2 Å². The molecular formula is C14H13O3. The van der Waals surface area contributed by atoms with Crippen LogP contribution in [-0.2, 0) is 0 Å². The predicted octanol–water partition coefficient (Wildman–Crippen LogP) is 3.30. The zero-order valence-corrected chi connectivity index (χ0v) is 9.77. The zero-order valence-electron chi connectivity index (χ0n) is 9.77. The molecule has 0 heterocycles. The lowest BCUT2D eigenvalue weighted by Gasteiger charge is -2.09. The quantitative estimate of drug-likeness (QED) is 0.805. The van der Waals surface area contributed by atoms with Crippen LogP contribution in [0.4, 0.5) is 0 Å². The Bertz CT molecular complexity index is 458. The molecule has 0 fully saturated rings. The number of ether oxygens (including phenoxy) is 3. The van der Waals surface area contributed by atoms with Crippen molar-refractivity contribution < 1.29 is 14.2 Å². The Morgan fingerprint density at radius 3 is 1.82 bits per heavy atom. The minimum atomic E-state index is 0.674. The Morgan fingerprint density at radius 1 is 0.765 bits per heavy atom. The van der Waals surface area contributed by atoms with Crippen LogP contribution in [0.3, 0.4) is 0 Å². The highest BCUT2D eigenvalue weighted by molar-refractivity contribution is 5.43. The molecule has 0 aliphatic carbocycles. The molecule has 3 nitrogen and oxygen atoms in total. The molecular weight excluding hydrogens is 216 g/mol. The largest absolute Gasteiger partial charge is 0.496 e. The second-order valence-electron chi connectivity index (χ2n) is 3.39. The molecule has 0 bridgehead atoms. The van der Waals surface area contributed by atoms with Gasteiger partial charge in [-0.3, -0.25) is 0 Å². The third kappa shape index (κ3) is 2.91. The van der Waals surface area contributed by atoms with Gasteiger partial charge < -0.3 is 14.2 Å². The van der Waals surface area contributed by atoms with Crippen molar-refractivity contribution in [1.82, 2.24) is 0 Å². The number of hydrogen-bond acceptors (Lipinski definition) is 3. The minimum Gasteiger partial charge on any atom is -0.496 e. The van der Waals surface area contributed by atoms with Crippen molar-refractivity contribution in [3.05, 3.63) is 48.5 Å². The van der Waals surface area contributed by atoms with Crippen LogP contribution in [0.5, 0.6) is 23.0 Å². The first kappa shape index (κ1) is 11.3. The maximum atomic E-state index is 5.68. The fraction of sp³-hybridized carbons (Fsp3) is 0.143. The number of hydrogen-bond donors (Lipinski definition) is 0. The van der Waals surface area contributed by atoms with Crippen molar-refractivity contribution in [1.29, 1.82) is 0 Å². The molecule has 0 spiro atoms. The number of benzene rings is 2. The maximum absolute atomic E-state index is 5.68. The average Bonchev–Trinajstić information content (AvgIpc) is 2.39. The SMILES string of the molecule is COc1cc(OC)cc(Oc2cc[c]cc2)c1. The smallest absolute Gasteiger partial charge is 0.134 e. The van der Waals surface area contributed by atoms with Gasteiger partial charge in [-0.05, 0) is 18.2 Å². The molecule has 0 aliphatic rings. The van der Waals surface area contributed by atoms with E-state index >= 15 is 0 Å². The second kappa shape index (κ2) is 5.25. The van der Waals surface area contributed by atoms with Crippen LogP contribution >= 0.6 is 0 Å². The summed E-state index contributed by atoms with van der Waals surface area (Å²) in [5, 5.41) is 0. The van der Waals surface area contributed by atoms with Crippen LogP contribution in [-0.4, -0.2) is 14.2 Å². The molecule has 0 aromatic heterocycles. The van der Waals surface area contributed by atoms with E-state index in [2.05, 4.69) is 6.07 Å². The van der Waals surface area contributed by atoms with E-state index in [0.717, 1.165) is 5.75 Å². The first-order valence-corrected chi connectivity index (χ1v) is 5.19. The molecule has 3 heteroatoms. The molecule has 0 saturated heterocycles. The molecule has 0 aliphatic heterocycles. The molecule has 17 heavy (non-hydrogen) atoms. The first-order chi connectivity index (χ1) is 8.31. The lowest BCUT2D eigenvalue weighted by atomic mass is 10.3. The molecule has 0 unspecified atom stereocenters. The standard InChI is InChI=1S/C14H13O3/c1-15-12-8-13(16-2)10-14(9-12)17-11-6-4-3-5-7-11/h4-10H,1-2H3. The van der Waals surface area contributed by atoms with E-state index in [-0.39, 0.29) is 0 Å². The summed E-state index contributed by atoms with van der Waals surface area (Å²) in [5.41, 5.74) is 0. The molecule has 0 saturated carbocycles. The van der Waals surface area contributed by atoms with E-state index in [9.17, 15) is 0 Å². The minimum absolute atomic E-state index is 0.674. The summed E-state index contributed by atoms with van der Waals surface area (Å²) in [6.07, 6.45) is 0. The fourth-order valence-electron chi connectivity index (χ4n) is 1.42. The Balaban J connectivity index is 2.26. The summed E-state index contributed by atoms with van der Waals surface area (Å²) in [6, 6.07) is 15.6. The molecule has 0 atom stereocenters. The Kier molecular flexibility index (Phi) is 3.50. The van der Waals surface area contributed by atoms with Gasteiger partial charge in [0.05, 0.1) is 14.2 Å². The molecule has 2 aromatic rings. The van der Waals surface area contributed by atoms with Crippen molar-refractivity contribution in [2.45, 2.75) is 0 Å². The monoisotopic (exact) mass is 229 g/mol. The molecule has 2 aromatic carbocycles. The number of methoxy groups -OCH3 is 2. The topological polar surface area (TPSA) is 27.7 Å². The third-order valence-corrected chi connectivity index (χ3v) is 2.25. The van der Waals surface area contributed by atoms with Crippen LogP contribution in [0, 0.1) is 6.07 Å². The average molecular weight is 229 g/mol. The van der Waals surface area contributed by atoms with Gasteiger partial charge in [-0.15, -0.1) is 0 Å². The van der Waals surface area contributed by atoms with E-state index in [1.807, 2.05) is 12.1 Å². The summed E-state index contributed by atoms with van der Waals surface area (Å²) >= 11 is 0. The van der Waals surface area contributed by atoms with Gasteiger partial charge in [0.2, 0.25) is 0 Å². The van der Waals surface area contributed by atoms with Gasteiger partial charge in [-0.25, -0.2) is 0 Å². The van der Waals surface area contributed by atoms with Gasteiger partial charge in [0.1, 0.15) is 23.0 Å². The summed E-state index contributed by atoms with van der Waals surface area (Å²) in [4.78, 5) is 0. The van der Waals surface area contributed by atoms with Gasteiger partial charge in [0, 0.05) is 18.2 Å². The lowest BCUT2D eigenvalue weighted by Crippen LogP contribution is -1.90. The van der Waals surface area contributed by atoms with Crippen LogP contribution in [0.1, 0.15) is 0 Å². The summed E-state index contributed by atoms with van der Waals surface area (Å²) in [7, 11) is 3.21. The molecule has 0 amide bonds. The summed E-state index contributed by atoms with van der Waals surface area (Å²) < 4.78 is 16.0. The zero-order chi connectivity index (χ0) is 12.1. The van der Waals surface area contributed by atoms with Gasteiger partial charge in [-0.1, -0.05) is 12.1 Å². The van der Waals surface area contributed by atoms with Crippen LogP contribution in [0.15, 0.2) is 42.5 Å². The van der Waals surface area contributed by atoms with Crippen LogP contribution in [0.25, 0.3) is 0 Å². The van der Waals surface area contributed by atoms with Gasteiger partial charge in [0.25, 0.3) is 0 Å². The Morgan fingerprint density at radius 2 is 1.29 bits per heavy atom. The molecule has 87 valence electrons. The molecule has 2 rings (SSSR count). The van der Waals surface area contributed by atoms with Crippen molar-refractivity contribution in [2.24, 2.45) is 0 Å². The summed E-state index contributed by atoms with van der Waals surface area (Å²) in [6.45, 7) is 0. The summed E-state index contributed by atoms with van der Waals surface area (Å²) in [5.74, 6) is 2.81. The first-order valence-electron chi connectivity index (χ1n) is 5.19. The Hall–Kier alpha value is -2.16. The highest BCUT2D eigenvalue weighted by Crippen LogP contribution is 2.30. The highest BCUT2D eigenvalue weighted by Gasteiger charge is 2.03. The number of rotatable bonds is 4. The second-order valence-corrected chi connectivity index (χ2v) is 3.39. The van der Waals surface area contributed by atoms with Gasteiger partial charge in [-0.2, -0.15) is 0 Å². The van der Waals surface area contributed by atoms with E-state index in [1.54, 1.807) is 44.6 Å². The fourth-order valence-corrected chi connectivity index (χ4v) is 1.42. The van der Waals surface area contributed by atoms with Crippen molar-refractivity contribution >= 4 is 0 Å². The normalized spacial score (nSPS) is 9.76. The van der Waals surface area contributed by atoms with Crippen molar-refractivity contribution in [3.8, 4) is 23.0 Å². The van der Waals surface area contributed by atoms with Crippen molar-refractivity contribution in [2.75, 3.05) is 14.2 Å². The third-order valence-electron chi connectivity index (χ3n) is 2.25. The molecule has 0 N–H and O–H groups in total. The van der Waals surface area contributed by atoms with E-state index < -0.39 is 0 Å². The van der Waals surface area contributed by atoms with E-state index in [0.29, 0.717) is 17.2 Å². The highest BCUT2D eigenvalue weighted by atomic mass is 16.5. The molecule has 1 radical (unpaired) electrons. The maximum Gasteiger partial charge on any atom is 0.134 e. The van der Waals surface area contributed by atoms with E-state index in [1.165, 1.54) is 0 Å². The van der Waals surface area contributed by atoms with Crippen molar-refractivity contribution in [3.63, 3.8) is 0 Å². The predicted molar refractivity (Wildman–Crippen MR) is 64.9 cm³/mol. The lowest BCUT2D eigenvalue weighted by molar-refractivity contribution is 0.386. The Labute approximate surface area is 101 Å². The van der Waals surface area contributed by atoms with Gasteiger partial charge in [0.15, 0.2) is 0 Å².